The maximum Gasteiger partial charge on any atom is 0.573 e. The van der Waals surface area contributed by atoms with Gasteiger partial charge in [0.1, 0.15) is 6.61 Å². The van der Waals surface area contributed by atoms with Gasteiger partial charge in [-0.1, -0.05) is 37.8 Å². The molecular weight excluding hydrogens is 376 g/mol. The Bertz CT molecular complexity index is 664. The highest BCUT2D eigenvalue weighted by Gasteiger charge is 2.35. The molecule has 3 nitrogen and oxygen atoms in total. The Labute approximate surface area is 162 Å². The van der Waals surface area contributed by atoms with E-state index in [2.05, 4.69) is 4.74 Å². The molecule has 7 heteroatoms. The van der Waals surface area contributed by atoms with E-state index in [-0.39, 0.29) is 24.7 Å². The average molecular weight is 402 g/mol. The minimum absolute atomic E-state index is 0.0838. The van der Waals surface area contributed by atoms with Gasteiger partial charge in [-0.05, 0) is 49.7 Å². The van der Waals surface area contributed by atoms with Crippen molar-refractivity contribution in [2.75, 3.05) is 13.2 Å². The Hall–Kier alpha value is -1.92. The summed E-state index contributed by atoms with van der Waals surface area (Å²) >= 11 is 0. The molecule has 1 aromatic rings. The summed E-state index contributed by atoms with van der Waals surface area (Å²) in [7, 11) is 0. The smallest absolute Gasteiger partial charge is 0.490 e. The lowest BCUT2D eigenvalue weighted by molar-refractivity contribution is -0.276. The molecule has 2 saturated carbocycles. The maximum atomic E-state index is 14.6. The molecule has 2 aliphatic carbocycles. The highest BCUT2D eigenvalue weighted by atomic mass is 19.4. The van der Waals surface area contributed by atoms with E-state index in [0.717, 1.165) is 19.3 Å². The number of halogens is 4. The van der Waals surface area contributed by atoms with Crippen molar-refractivity contribution >= 4 is 0 Å². The molecule has 1 aromatic carbocycles. The van der Waals surface area contributed by atoms with Crippen LogP contribution in [0.5, 0.6) is 17.2 Å². The lowest BCUT2D eigenvalue weighted by atomic mass is 9.82. The average Bonchev–Trinajstić information content (AvgIpc) is 2.54. The van der Waals surface area contributed by atoms with Gasteiger partial charge < -0.3 is 14.2 Å². The highest BCUT2D eigenvalue weighted by molar-refractivity contribution is 5.47. The molecule has 0 N–H and O–H groups in total. The summed E-state index contributed by atoms with van der Waals surface area (Å²) < 4.78 is 67.3. The fourth-order valence-electron chi connectivity index (χ4n) is 3.31. The molecule has 0 unspecified atom stereocenters. The van der Waals surface area contributed by atoms with Crippen molar-refractivity contribution < 1.29 is 31.8 Å². The molecule has 0 heterocycles. The van der Waals surface area contributed by atoms with E-state index in [0.29, 0.717) is 18.3 Å². The van der Waals surface area contributed by atoms with Gasteiger partial charge in [0.25, 0.3) is 0 Å². The number of hydrogen-bond donors (Lipinski definition) is 0. The molecule has 28 heavy (non-hydrogen) atoms. The number of hydrogen-bond acceptors (Lipinski definition) is 3. The van der Waals surface area contributed by atoms with Gasteiger partial charge in [0.05, 0.1) is 6.61 Å². The second kappa shape index (κ2) is 9.52. The first kappa shape index (κ1) is 20.8. The van der Waals surface area contributed by atoms with Crippen LogP contribution < -0.4 is 14.2 Å². The molecule has 0 aliphatic heterocycles. The van der Waals surface area contributed by atoms with Gasteiger partial charge in [0.15, 0.2) is 11.5 Å². The van der Waals surface area contributed by atoms with Gasteiger partial charge in [-0.15, -0.1) is 13.2 Å². The van der Waals surface area contributed by atoms with Crippen LogP contribution in [-0.2, 0) is 0 Å². The SMILES string of the molecule is Fc1c(OC/C=C/C2CCC2)ccc(OCCCC2CCC2)c1OC(F)(F)F. The monoisotopic (exact) mass is 402 g/mol. The van der Waals surface area contributed by atoms with Gasteiger partial charge in [0, 0.05) is 0 Å². The highest BCUT2D eigenvalue weighted by Crippen LogP contribution is 2.39. The molecule has 2 fully saturated rings. The number of rotatable bonds is 10. The topological polar surface area (TPSA) is 27.7 Å². The summed E-state index contributed by atoms with van der Waals surface area (Å²) in [5.41, 5.74) is 0. The summed E-state index contributed by atoms with van der Waals surface area (Å²) in [5, 5.41) is 0. The van der Waals surface area contributed by atoms with Crippen molar-refractivity contribution in [3.8, 4) is 17.2 Å². The van der Waals surface area contributed by atoms with Gasteiger partial charge >= 0.3 is 6.36 Å². The Balaban J connectivity index is 1.60. The normalized spacial score (nSPS) is 18.0. The Morgan fingerprint density at radius 3 is 2.32 bits per heavy atom. The van der Waals surface area contributed by atoms with Crippen LogP contribution in [0.1, 0.15) is 51.4 Å². The largest absolute Gasteiger partial charge is 0.573 e. The van der Waals surface area contributed by atoms with E-state index in [1.165, 1.54) is 37.8 Å². The van der Waals surface area contributed by atoms with E-state index >= 15 is 0 Å². The molecule has 3 rings (SSSR count). The van der Waals surface area contributed by atoms with Crippen molar-refractivity contribution in [2.45, 2.75) is 57.7 Å². The molecule has 0 saturated heterocycles. The summed E-state index contributed by atoms with van der Waals surface area (Å²) in [6.07, 6.45) is 7.48. The molecule has 0 aromatic heterocycles. The van der Waals surface area contributed by atoms with Crippen LogP contribution in [0, 0.1) is 17.7 Å². The molecule has 0 bridgehead atoms. The zero-order chi connectivity index (χ0) is 20.0. The number of allylic oxidation sites excluding steroid dienone is 1. The number of alkyl halides is 3. The van der Waals surface area contributed by atoms with Crippen LogP contribution >= 0.6 is 0 Å². The van der Waals surface area contributed by atoms with E-state index in [4.69, 9.17) is 9.47 Å². The first-order chi connectivity index (χ1) is 13.4. The van der Waals surface area contributed by atoms with Crippen molar-refractivity contribution in [2.24, 2.45) is 11.8 Å². The third-order valence-corrected chi connectivity index (χ3v) is 5.38. The predicted octanol–water partition coefficient (Wildman–Crippen LogP) is 6.42. The predicted molar refractivity (Wildman–Crippen MR) is 97.1 cm³/mol. The molecule has 2 aliphatic rings. The summed E-state index contributed by atoms with van der Waals surface area (Å²) in [6, 6.07) is 2.54. The standard InChI is InChI=1S/C21H26F4O3/c22-19-17(26-13-3-9-15-5-1-6-15)11-12-18(20(19)28-21(23,24)25)27-14-4-10-16-7-2-8-16/h3,9,11-12,15-16H,1-2,4-8,10,13-14H2/b9-3+. The second-order valence-electron chi connectivity index (χ2n) is 7.47. The summed E-state index contributed by atoms with van der Waals surface area (Å²) in [6.45, 7) is 0.301. The fraction of sp³-hybridized carbons (Fsp3) is 0.619. The van der Waals surface area contributed by atoms with Crippen LogP contribution in [0.25, 0.3) is 0 Å². The molecule has 0 amide bonds. The Morgan fingerprint density at radius 2 is 1.71 bits per heavy atom. The minimum atomic E-state index is -5.02. The maximum absolute atomic E-state index is 14.6. The Kier molecular flexibility index (Phi) is 7.08. The summed E-state index contributed by atoms with van der Waals surface area (Å²) in [5.74, 6) is -1.54. The van der Waals surface area contributed by atoms with Crippen molar-refractivity contribution in [1.82, 2.24) is 0 Å². The quantitative estimate of drug-likeness (QED) is 0.257. The fourth-order valence-corrected chi connectivity index (χ4v) is 3.31. The van der Waals surface area contributed by atoms with Gasteiger partial charge in [-0.2, -0.15) is 4.39 Å². The zero-order valence-electron chi connectivity index (χ0n) is 15.8. The van der Waals surface area contributed by atoms with Crippen LogP contribution in [0.4, 0.5) is 17.6 Å². The van der Waals surface area contributed by atoms with Gasteiger partial charge in [-0.25, -0.2) is 0 Å². The zero-order valence-corrected chi connectivity index (χ0v) is 15.8. The van der Waals surface area contributed by atoms with Crippen molar-refractivity contribution in [3.05, 3.63) is 30.1 Å². The van der Waals surface area contributed by atoms with Crippen LogP contribution in [-0.4, -0.2) is 19.6 Å². The third-order valence-electron chi connectivity index (χ3n) is 5.38. The van der Waals surface area contributed by atoms with Crippen LogP contribution in [0.3, 0.4) is 0 Å². The van der Waals surface area contributed by atoms with Crippen molar-refractivity contribution in [1.29, 1.82) is 0 Å². The summed E-state index contributed by atoms with van der Waals surface area (Å²) in [4.78, 5) is 0. The van der Waals surface area contributed by atoms with E-state index in [9.17, 15) is 17.6 Å². The van der Waals surface area contributed by atoms with Crippen LogP contribution in [0.2, 0.25) is 0 Å². The Morgan fingerprint density at radius 1 is 1.00 bits per heavy atom. The number of ether oxygens (including phenoxy) is 3. The van der Waals surface area contributed by atoms with E-state index < -0.39 is 17.9 Å². The lowest BCUT2D eigenvalue weighted by Crippen LogP contribution is -2.19. The number of benzene rings is 1. The van der Waals surface area contributed by atoms with Crippen molar-refractivity contribution in [3.63, 3.8) is 0 Å². The third kappa shape index (κ3) is 6.04. The first-order valence-electron chi connectivity index (χ1n) is 9.93. The van der Waals surface area contributed by atoms with E-state index in [1.54, 1.807) is 6.08 Å². The molecule has 0 spiro atoms. The minimum Gasteiger partial charge on any atom is -0.490 e. The van der Waals surface area contributed by atoms with E-state index in [1.807, 2.05) is 6.08 Å². The van der Waals surface area contributed by atoms with Gasteiger partial charge in [-0.3, -0.25) is 0 Å². The first-order valence-corrected chi connectivity index (χ1v) is 9.93. The second-order valence-corrected chi connectivity index (χ2v) is 7.47. The van der Waals surface area contributed by atoms with Gasteiger partial charge in [0.2, 0.25) is 11.6 Å². The van der Waals surface area contributed by atoms with Crippen LogP contribution in [0.15, 0.2) is 24.3 Å². The molecule has 0 radical (unpaired) electrons. The lowest BCUT2D eigenvalue weighted by Gasteiger charge is -2.25. The molecule has 156 valence electrons. The molecule has 0 atom stereocenters. The molecular formula is C21H26F4O3.